The van der Waals surface area contributed by atoms with Gasteiger partial charge in [-0.3, -0.25) is 14.6 Å². The largest absolute Gasteiger partial charge is 0.367 e. The number of hydrogen-bond donors (Lipinski definition) is 2. The molecule has 0 saturated heterocycles. The highest BCUT2D eigenvalue weighted by molar-refractivity contribution is 6.04. The molecule has 0 aliphatic heterocycles. The Labute approximate surface area is 104 Å². The van der Waals surface area contributed by atoms with E-state index in [1.807, 2.05) is 6.92 Å². The topological polar surface area (TPSA) is 74.8 Å². The summed E-state index contributed by atoms with van der Waals surface area (Å²) in [6.45, 7) is 3.68. The van der Waals surface area contributed by atoms with Crippen molar-refractivity contribution in [1.29, 1.82) is 0 Å². The van der Waals surface area contributed by atoms with Crippen LogP contribution in [-0.4, -0.2) is 15.9 Å². The smallest absolute Gasteiger partial charge is 0.261 e. The lowest BCUT2D eigenvalue weighted by molar-refractivity contribution is 0.102. The van der Waals surface area contributed by atoms with E-state index < -0.39 is 5.91 Å². The van der Waals surface area contributed by atoms with Crippen LogP contribution in [0.4, 0.5) is 5.69 Å². The number of aromatic amines is 1. The molecule has 2 aromatic rings. The lowest BCUT2D eigenvalue weighted by Gasteiger charge is -2.07. The van der Waals surface area contributed by atoms with Crippen LogP contribution in [0.1, 0.15) is 21.7 Å². The Bertz CT molecular complexity index is 647. The van der Waals surface area contributed by atoms with Gasteiger partial charge in [-0.1, -0.05) is 0 Å². The number of nitrogens with one attached hydrogen (secondary N) is 2. The minimum absolute atomic E-state index is 0.0810. The summed E-state index contributed by atoms with van der Waals surface area (Å²) in [5.74, 6) is -0.439. The Morgan fingerprint density at radius 1 is 1.28 bits per heavy atom. The molecule has 1 amide bonds. The molecule has 2 N–H and O–H groups in total. The molecule has 2 rings (SSSR count). The number of anilines is 1. The Hall–Kier alpha value is -2.43. The van der Waals surface area contributed by atoms with Crippen LogP contribution in [0.3, 0.4) is 0 Å². The molecule has 0 spiro atoms. The number of carbonyl (C=O) groups is 1. The standard InChI is InChI=1S/C13H13N3O2/c1-8-3-4-11(9(2)15-8)16-13(18)10-7-14-6-5-12(10)17/h3-7H,1-2H3,(H,14,17)(H,16,18). The molecule has 0 aliphatic rings. The van der Waals surface area contributed by atoms with E-state index in [0.29, 0.717) is 5.69 Å². The number of carbonyl (C=O) groups excluding carboxylic acids is 1. The monoisotopic (exact) mass is 243 g/mol. The number of amides is 1. The second-order valence-electron chi connectivity index (χ2n) is 3.96. The van der Waals surface area contributed by atoms with Crippen molar-refractivity contribution in [2.45, 2.75) is 13.8 Å². The molecule has 0 aliphatic carbocycles. The van der Waals surface area contributed by atoms with Gasteiger partial charge >= 0.3 is 0 Å². The van der Waals surface area contributed by atoms with Crippen molar-refractivity contribution >= 4 is 11.6 Å². The highest BCUT2D eigenvalue weighted by Crippen LogP contribution is 2.13. The van der Waals surface area contributed by atoms with E-state index in [9.17, 15) is 9.59 Å². The molecule has 2 aromatic heterocycles. The van der Waals surface area contributed by atoms with Gasteiger partial charge in [0, 0.05) is 24.2 Å². The zero-order valence-electron chi connectivity index (χ0n) is 10.2. The maximum Gasteiger partial charge on any atom is 0.261 e. The first-order valence-corrected chi connectivity index (χ1v) is 5.50. The zero-order chi connectivity index (χ0) is 13.1. The van der Waals surface area contributed by atoms with Crippen LogP contribution < -0.4 is 10.7 Å². The number of nitrogens with zero attached hydrogens (tertiary/aromatic N) is 1. The minimum Gasteiger partial charge on any atom is -0.367 e. The van der Waals surface area contributed by atoms with Crippen molar-refractivity contribution in [1.82, 2.24) is 9.97 Å². The molecule has 0 bridgehead atoms. The molecule has 5 nitrogen and oxygen atoms in total. The van der Waals surface area contributed by atoms with Crippen molar-refractivity contribution in [3.63, 3.8) is 0 Å². The summed E-state index contributed by atoms with van der Waals surface area (Å²) in [7, 11) is 0. The third-order valence-corrected chi connectivity index (χ3v) is 2.54. The van der Waals surface area contributed by atoms with E-state index >= 15 is 0 Å². The molecule has 0 radical (unpaired) electrons. The molecular weight excluding hydrogens is 230 g/mol. The highest BCUT2D eigenvalue weighted by atomic mass is 16.2. The third kappa shape index (κ3) is 2.45. The van der Waals surface area contributed by atoms with Gasteiger partial charge in [0.25, 0.3) is 5.91 Å². The average Bonchev–Trinajstić information content (AvgIpc) is 2.33. The number of H-pyrrole nitrogens is 1. The number of aryl methyl sites for hydroxylation is 2. The van der Waals surface area contributed by atoms with Gasteiger partial charge in [0.15, 0.2) is 5.43 Å². The van der Waals surface area contributed by atoms with Gasteiger partial charge in [0.2, 0.25) is 0 Å². The van der Waals surface area contributed by atoms with Crippen LogP contribution in [0.2, 0.25) is 0 Å². The van der Waals surface area contributed by atoms with Gasteiger partial charge in [-0.05, 0) is 26.0 Å². The Morgan fingerprint density at radius 3 is 2.72 bits per heavy atom. The van der Waals surface area contributed by atoms with Crippen LogP contribution in [0.15, 0.2) is 35.4 Å². The Balaban J connectivity index is 2.27. The van der Waals surface area contributed by atoms with Crippen LogP contribution in [-0.2, 0) is 0 Å². The first kappa shape index (κ1) is 12.0. The minimum atomic E-state index is -0.439. The zero-order valence-corrected chi connectivity index (χ0v) is 10.2. The molecule has 0 saturated carbocycles. The van der Waals surface area contributed by atoms with Crippen molar-refractivity contribution < 1.29 is 4.79 Å². The molecule has 0 atom stereocenters. The molecule has 5 heteroatoms. The molecule has 0 fully saturated rings. The van der Waals surface area contributed by atoms with Crippen molar-refractivity contribution in [3.05, 3.63) is 57.8 Å². The van der Waals surface area contributed by atoms with E-state index in [2.05, 4.69) is 15.3 Å². The van der Waals surface area contributed by atoms with Gasteiger partial charge in [0.1, 0.15) is 5.56 Å². The summed E-state index contributed by atoms with van der Waals surface area (Å²) in [6, 6.07) is 4.89. The van der Waals surface area contributed by atoms with Crippen LogP contribution in [0.25, 0.3) is 0 Å². The van der Waals surface area contributed by atoms with Gasteiger partial charge in [-0.15, -0.1) is 0 Å². The first-order valence-electron chi connectivity index (χ1n) is 5.50. The van der Waals surface area contributed by atoms with Gasteiger partial charge in [-0.2, -0.15) is 0 Å². The summed E-state index contributed by atoms with van der Waals surface area (Å²) in [4.78, 5) is 30.4. The summed E-state index contributed by atoms with van der Waals surface area (Å²) >= 11 is 0. The van der Waals surface area contributed by atoms with E-state index in [1.54, 1.807) is 19.1 Å². The van der Waals surface area contributed by atoms with Crippen molar-refractivity contribution in [2.75, 3.05) is 5.32 Å². The first-order chi connectivity index (χ1) is 8.58. The van der Waals surface area contributed by atoms with Crippen LogP contribution >= 0.6 is 0 Å². The Morgan fingerprint density at radius 2 is 2.06 bits per heavy atom. The molecule has 0 aromatic carbocycles. The normalized spacial score (nSPS) is 10.1. The van der Waals surface area contributed by atoms with E-state index in [4.69, 9.17) is 0 Å². The molecule has 92 valence electrons. The second kappa shape index (κ2) is 4.83. The number of rotatable bonds is 2. The van der Waals surface area contributed by atoms with E-state index in [0.717, 1.165) is 11.4 Å². The van der Waals surface area contributed by atoms with Crippen molar-refractivity contribution in [2.24, 2.45) is 0 Å². The fourth-order valence-corrected chi connectivity index (χ4v) is 1.60. The van der Waals surface area contributed by atoms with Gasteiger partial charge in [0.05, 0.1) is 11.4 Å². The summed E-state index contributed by atoms with van der Waals surface area (Å²) in [5.41, 5.74) is 1.97. The molecular formula is C13H13N3O2. The second-order valence-corrected chi connectivity index (χ2v) is 3.96. The lowest BCUT2D eigenvalue weighted by Crippen LogP contribution is -2.21. The highest BCUT2D eigenvalue weighted by Gasteiger charge is 2.11. The fraction of sp³-hybridized carbons (Fsp3) is 0.154. The maximum atomic E-state index is 11.9. The van der Waals surface area contributed by atoms with E-state index in [1.165, 1.54) is 18.5 Å². The lowest BCUT2D eigenvalue weighted by atomic mass is 10.2. The average molecular weight is 243 g/mol. The molecule has 18 heavy (non-hydrogen) atoms. The summed E-state index contributed by atoms with van der Waals surface area (Å²) in [6.07, 6.45) is 2.87. The van der Waals surface area contributed by atoms with Gasteiger partial charge in [-0.25, -0.2) is 0 Å². The van der Waals surface area contributed by atoms with E-state index in [-0.39, 0.29) is 11.0 Å². The molecule has 0 unspecified atom stereocenters. The predicted molar refractivity (Wildman–Crippen MR) is 68.7 cm³/mol. The van der Waals surface area contributed by atoms with Crippen LogP contribution in [0, 0.1) is 13.8 Å². The van der Waals surface area contributed by atoms with Crippen molar-refractivity contribution in [3.8, 4) is 0 Å². The maximum absolute atomic E-state index is 11.9. The SMILES string of the molecule is Cc1ccc(NC(=O)c2c[nH]ccc2=O)c(C)n1. The number of pyridine rings is 2. The predicted octanol–water partition coefficient (Wildman–Crippen LogP) is 1.64. The summed E-state index contributed by atoms with van der Waals surface area (Å²) in [5, 5.41) is 2.67. The third-order valence-electron chi connectivity index (χ3n) is 2.54. The number of hydrogen-bond acceptors (Lipinski definition) is 3. The van der Waals surface area contributed by atoms with Gasteiger partial charge < -0.3 is 10.3 Å². The quantitative estimate of drug-likeness (QED) is 0.842. The summed E-state index contributed by atoms with van der Waals surface area (Å²) < 4.78 is 0. The fourth-order valence-electron chi connectivity index (χ4n) is 1.60. The van der Waals surface area contributed by atoms with Crippen LogP contribution in [0.5, 0.6) is 0 Å². The molecule has 2 heterocycles. The Kier molecular flexibility index (Phi) is 3.23. The number of aromatic nitrogens is 2.